The van der Waals surface area contributed by atoms with E-state index in [1.165, 1.54) is 5.56 Å². The molecule has 0 N–H and O–H groups in total. The van der Waals surface area contributed by atoms with Gasteiger partial charge in [0.15, 0.2) is 0 Å². The Labute approximate surface area is 200 Å². The van der Waals surface area contributed by atoms with Gasteiger partial charge in [0.05, 0.1) is 12.1 Å². The van der Waals surface area contributed by atoms with Gasteiger partial charge in [0.25, 0.3) is 5.91 Å². The quantitative estimate of drug-likeness (QED) is 0.530. The maximum Gasteiger partial charge on any atom is 0.253 e. The normalized spacial score (nSPS) is 18.5. The van der Waals surface area contributed by atoms with Crippen molar-refractivity contribution in [2.24, 2.45) is 5.92 Å². The highest BCUT2D eigenvalue weighted by atomic mass is 16.5. The van der Waals surface area contributed by atoms with Gasteiger partial charge in [0.2, 0.25) is 5.91 Å². The van der Waals surface area contributed by atoms with Gasteiger partial charge in [-0.3, -0.25) is 14.6 Å². The lowest BCUT2D eigenvalue weighted by Crippen LogP contribution is -2.40. The molecular formula is C28H31N3O3. The van der Waals surface area contributed by atoms with Crippen LogP contribution in [0.25, 0.3) is 10.9 Å². The molecule has 2 aromatic carbocycles. The van der Waals surface area contributed by atoms with Crippen LogP contribution in [0.4, 0.5) is 0 Å². The van der Waals surface area contributed by atoms with E-state index < -0.39 is 0 Å². The first-order chi connectivity index (χ1) is 16.7. The summed E-state index contributed by atoms with van der Waals surface area (Å²) in [5.74, 6) is 1.39. The fourth-order valence-electron chi connectivity index (χ4n) is 5.12. The molecule has 0 radical (unpaired) electrons. The molecule has 2 aliphatic rings. The van der Waals surface area contributed by atoms with Crippen molar-refractivity contribution in [1.82, 2.24) is 14.8 Å². The topological polar surface area (TPSA) is 62.7 Å². The zero-order valence-corrected chi connectivity index (χ0v) is 19.5. The first-order valence-corrected chi connectivity index (χ1v) is 12.3. The molecule has 1 unspecified atom stereocenters. The second-order valence-electron chi connectivity index (χ2n) is 9.35. The summed E-state index contributed by atoms with van der Waals surface area (Å²) in [6.07, 6.45) is 6.50. The third-order valence-corrected chi connectivity index (χ3v) is 6.88. The predicted octanol–water partition coefficient (Wildman–Crippen LogP) is 4.33. The Morgan fingerprint density at radius 2 is 2.00 bits per heavy atom. The molecule has 2 fully saturated rings. The van der Waals surface area contributed by atoms with E-state index >= 15 is 0 Å². The van der Waals surface area contributed by atoms with Crippen molar-refractivity contribution in [3.63, 3.8) is 0 Å². The van der Waals surface area contributed by atoms with Crippen LogP contribution in [0.5, 0.6) is 5.75 Å². The molecule has 3 heterocycles. The van der Waals surface area contributed by atoms with Crippen molar-refractivity contribution in [2.75, 3.05) is 32.8 Å². The Bertz CT molecular complexity index is 1180. The fourth-order valence-corrected chi connectivity index (χ4v) is 5.12. The number of hydrogen-bond acceptors (Lipinski definition) is 4. The van der Waals surface area contributed by atoms with Crippen LogP contribution in [0.2, 0.25) is 0 Å². The van der Waals surface area contributed by atoms with Crippen LogP contribution in [0.1, 0.15) is 41.6 Å². The number of nitrogens with zero attached hydrogens (tertiary/aromatic N) is 3. The van der Waals surface area contributed by atoms with Crippen molar-refractivity contribution in [3.05, 3.63) is 71.9 Å². The summed E-state index contributed by atoms with van der Waals surface area (Å²) in [4.78, 5) is 33.2. The molecule has 0 saturated carbocycles. The molecule has 0 aliphatic carbocycles. The smallest absolute Gasteiger partial charge is 0.253 e. The summed E-state index contributed by atoms with van der Waals surface area (Å²) in [7, 11) is 0. The Balaban J connectivity index is 1.18. The van der Waals surface area contributed by atoms with Gasteiger partial charge < -0.3 is 14.5 Å². The number of ether oxygens (including phenoxy) is 1. The zero-order chi connectivity index (χ0) is 23.3. The van der Waals surface area contributed by atoms with Gasteiger partial charge in [-0.2, -0.15) is 0 Å². The van der Waals surface area contributed by atoms with Crippen LogP contribution < -0.4 is 4.74 Å². The van der Waals surface area contributed by atoms with Crippen LogP contribution in [0.3, 0.4) is 0 Å². The number of rotatable bonds is 7. The van der Waals surface area contributed by atoms with E-state index in [2.05, 4.69) is 29.2 Å². The van der Waals surface area contributed by atoms with Gasteiger partial charge >= 0.3 is 0 Å². The van der Waals surface area contributed by atoms with Gasteiger partial charge in [-0.05, 0) is 73.6 Å². The van der Waals surface area contributed by atoms with E-state index in [-0.39, 0.29) is 11.8 Å². The average Bonchev–Trinajstić information content (AvgIpc) is 3.28. The molecule has 2 aliphatic heterocycles. The van der Waals surface area contributed by atoms with E-state index in [1.54, 1.807) is 0 Å². The highest BCUT2D eigenvalue weighted by Gasteiger charge is 2.25. The van der Waals surface area contributed by atoms with E-state index in [4.69, 9.17) is 4.74 Å². The van der Waals surface area contributed by atoms with Crippen LogP contribution in [0, 0.1) is 5.92 Å². The average molecular weight is 458 g/mol. The molecule has 34 heavy (non-hydrogen) atoms. The van der Waals surface area contributed by atoms with E-state index in [1.807, 2.05) is 46.3 Å². The fraction of sp³-hybridized carbons (Fsp3) is 0.393. The summed E-state index contributed by atoms with van der Waals surface area (Å²) in [6.45, 7) is 3.41. The summed E-state index contributed by atoms with van der Waals surface area (Å²) in [5.41, 5.74) is 2.97. The van der Waals surface area contributed by atoms with Crippen LogP contribution >= 0.6 is 0 Å². The van der Waals surface area contributed by atoms with Gasteiger partial charge in [-0.1, -0.05) is 18.2 Å². The van der Waals surface area contributed by atoms with Crippen molar-refractivity contribution in [2.45, 2.75) is 32.1 Å². The third-order valence-electron chi connectivity index (χ3n) is 6.88. The Hall–Kier alpha value is -3.41. The Morgan fingerprint density at radius 3 is 2.88 bits per heavy atom. The molecule has 0 spiro atoms. The minimum absolute atomic E-state index is 0.0626. The predicted molar refractivity (Wildman–Crippen MR) is 132 cm³/mol. The number of fused-ring (bicyclic) bond motifs is 1. The lowest BCUT2D eigenvalue weighted by atomic mass is 9.90. The summed E-state index contributed by atoms with van der Waals surface area (Å²) >= 11 is 0. The van der Waals surface area contributed by atoms with Crippen molar-refractivity contribution in [3.8, 4) is 5.75 Å². The van der Waals surface area contributed by atoms with Gasteiger partial charge in [-0.15, -0.1) is 0 Å². The Kier molecular flexibility index (Phi) is 6.74. The number of carbonyl (C=O) groups excluding carboxylic acids is 2. The van der Waals surface area contributed by atoms with Gasteiger partial charge in [0.1, 0.15) is 12.4 Å². The van der Waals surface area contributed by atoms with E-state index in [0.29, 0.717) is 36.8 Å². The first-order valence-electron chi connectivity index (χ1n) is 12.3. The minimum atomic E-state index is 0.0626. The second kappa shape index (κ2) is 10.2. The standard InChI is InChI=1S/C28H31N3O3/c32-27-9-4-13-30(27)15-16-34-25-8-1-6-24(19-25)28(33)31-14-3-5-22(20-31)17-21-10-11-26-23(18-21)7-2-12-29-26/h1-2,6-8,10-12,18-19,22H,3-5,9,13-17,20H2. The monoisotopic (exact) mass is 457 g/mol. The SMILES string of the molecule is O=C1CCCN1CCOc1cccc(C(=O)N2CCCC(Cc3ccc4ncccc4c3)C2)c1. The van der Waals surface area contributed by atoms with Gasteiger partial charge in [-0.25, -0.2) is 0 Å². The molecular weight excluding hydrogens is 426 g/mol. The lowest BCUT2D eigenvalue weighted by molar-refractivity contribution is -0.128. The zero-order valence-electron chi connectivity index (χ0n) is 19.5. The molecule has 6 heteroatoms. The van der Waals surface area contributed by atoms with E-state index in [9.17, 15) is 9.59 Å². The Morgan fingerprint density at radius 1 is 1.06 bits per heavy atom. The number of piperidine rings is 1. The molecule has 0 bridgehead atoms. The molecule has 1 atom stereocenters. The number of aromatic nitrogens is 1. The molecule has 6 nitrogen and oxygen atoms in total. The largest absolute Gasteiger partial charge is 0.492 e. The van der Waals surface area contributed by atoms with Gasteiger partial charge in [0, 0.05) is 43.2 Å². The number of benzene rings is 2. The van der Waals surface area contributed by atoms with Crippen LogP contribution in [0.15, 0.2) is 60.8 Å². The van der Waals surface area contributed by atoms with Crippen molar-refractivity contribution >= 4 is 22.7 Å². The second-order valence-corrected chi connectivity index (χ2v) is 9.35. The number of carbonyl (C=O) groups is 2. The molecule has 176 valence electrons. The highest BCUT2D eigenvalue weighted by Crippen LogP contribution is 2.25. The summed E-state index contributed by atoms with van der Waals surface area (Å²) in [6, 6.07) is 18.0. The van der Waals surface area contributed by atoms with E-state index in [0.717, 1.165) is 56.2 Å². The maximum atomic E-state index is 13.3. The molecule has 3 aromatic rings. The van der Waals surface area contributed by atoms with Crippen LogP contribution in [-0.2, 0) is 11.2 Å². The van der Waals surface area contributed by atoms with Crippen molar-refractivity contribution < 1.29 is 14.3 Å². The molecule has 2 saturated heterocycles. The number of pyridine rings is 1. The number of amides is 2. The summed E-state index contributed by atoms with van der Waals surface area (Å²) in [5, 5.41) is 1.16. The maximum absolute atomic E-state index is 13.3. The highest BCUT2D eigenvalue weighted by molar-refractivity contribution is 5.94. The first kappa shape index (κ1) is 22.4. The van der Waals surface area contributed by atoms with Crippen LogP contribution in [-0.4, -0.2) is 59.4 Å². The third kappa shape index (κ3) is 5.22. The summed E-state index contributed by atoms with van der Waals surface area (Å²) < 4.78 is 5.86. The van der Waals surface area contributed by atoms with Crippen molar-refractivity contribution in [1.29, 1.82) is 0 Å². The molecule has 5 rings (SSSR count). The number of hydrogen-bond donors (Lipinski definition) is 0. The molecule has 1 aromatic heterocycles. The molecule has 2 amide bonds. The lowest BCUT2D eigenvalue weighted by Gasteiger charge is -2.33. The minimum Gasteiger partial charge on any atom is -0.492 e. The number of likely N-dealkylation sites (tertiary alicyclic amines) is 2.